The number of rotatable bonds is 5. The summed E-state index contributed by atoms with van der Waals surface area (Å²) < 4.78 is 6.47. The fourth-order valence-electron chi connectivity index (χ4n) is 7.32. The lowest BCUT2D eigenvalue weighted by atomic mass is 9.67. The van der Waals surface area contributed by atoms with Gasteiger partial charge in [0, 0.05) is 40.2 Å². The standard InChI is InChI=1S/C44H29N3O/c45-42(31-11-2-1-3-12-31)35-13-4-7-17-39(35)47-28-29-20-22-30(23-21-29)32-24-25-33-34-14-10-26-46-43(34)44(38(33)27-32)36-15-5-8-18-40(36)48-41-19-9-6-16-37(41)44/h1-28,45H. The predicted molar refractivity (Wildman–Crippen MR) is 193 cm³/mol. The molecule has 226 valence electrons. The zero-order valence-electron chi connectivity index (χ0n) is 26.0. The highest BCUT2D eigenvalue weighted by Crippen LogP contribution is 2.61. The lowest BCUT2D eigenvalue weighted by Crippen LogP contribution is -2.33. The smallest absolute Gasteiger partial charge is 0.132 e. The van der Waals surface area contributed by atoms with E-state index < -0.39 is 5.41 Å². The molecule has 0 atom stereocenters. The Morgan fingerprint density at radius 1 is 0.604 bits per heavy atom. The molecular formula is C44H29N3O. The van der Waals surface area contributed by atoms with Crippen LogP contribution in [0.5, 0.6) is 11.5 Å². The molecule has 2 heterocycles. The zero-order valence-corrected chi connectivity index (χ0v) is 26.0. The zero-order chi connectivity index (χ0) is 32.1. The van der Waals surface area contributed by atoms with Gasteiger partial charge in [0.25, 0.3) is 0 Å². The average Bonchev–Trinajstić information content (AvgIpc) is 3.44. The molecule has 1 N–H and O–H groups in total. The molecule has 2 aliphatic rings. The first kappa shape index (κ1) is 27.9. The Labute approximate surface area is 279 Å². The molecule has 0 bridgehead atoms. The molecule has 4 nitrogen and oxygen atoms in total. The number of aliphatic imine (C=N–C) groups is 1. The molecule has 0 unspecified atom stereocenters. The van der Waals surface area contributed by atoms with Crippen LogP contribution in [0.15, 0.2) is 169 Å². The minimum Gasteiger partial charge on any atom is -0.457 e. The SMILES string of the molecule is N=C(c1ccccc1)c1ccccc1N=Cc1ccc(-c2ccc3c(c2)C2(c4ccccc4Oc4ccccc42)c2ncccc2-3)cc1. The third-order valence-corrected chi connectivity index (χ3v) is 9.51. The first-order valence-corrected chi connectivity index (χ1v) is 16.1. The minimum absolute atomic E-state index is 0.459. The maximum Gasteiger partial charge on any atom is 0.132 e. The van der Waals surface area contributed by atoms with Crippen LogP contribution in [-0.2, 0) is 5.41 Å². The summed E-state index contributed by atoms with van der Waals surface area (Å²) in [5, 5.41) is 8.78. The van der Waals surface area contributed by atoms with Gasteiger partial charge in [0.2, 0.25) is 0 Å². The third-order valence-electron chi connectivity index (χ3n) is 9.51. The monoisotopic (exact) mass is 615 g/mol. The summed E-state index contributed by atoms with van der Waals surface area (Å²) in [7, 11) is 0. The number of benzene rings is 6. The first-order chi connectivity index (χ1) is 23.7. The second-order valence-corrected chi connectivity index (χ2v) is 12.1. The lowest BCUT2D eigenvalue weighted by molar-refractivity contribution is 0.434. The number of fused-ring (bicyclic) bond motifs is 9. The number of ether oxygens (including phenoxy) is 1. The van der Waals surface area contributed by atoms with E-state index in [2.05, 4.69) is 84.9 Å². The van der Waals surface area contributed by atoms with Gasteiger partial charge in [-0.25, -0.2) is 0 Å². The van der Waals surface area contributed by atoms with Crippen molar-refractivity contribution in [3.05, 3.63) is 203 Å². The van der Waals surface area contributed by atoms with Crippen LogP contribution >= 0.6 is 0 Å². The summed E-state index contributed by atoms with van der Waals surface area (Å²) in [4.78, 5) is 9.87. The molecule has 0 radical (unpaired) electrons. The largest absolute Gasteiger partial charge is 0.457 e. The summed E-state index contributed by atoms with van der Waals surface area (Å²) in [5.41, 5.74) is 12.3. The Hall–Kier alpha value is -6.39. The van der Waals surface area contributed by atoms with E-state index in [4.69, 9.17) is 20.1 Å². The summed E-state index contributed by atoms with van der Waals surface area (Å²) in [6, 6.07) is 53.8. The Balaban J connectivity index is 1.11. The van der Waals surface area contributed by atoms with E-state index in [1.165, 1.54) is 11.1 Å². The molecule has 9 rings (SSSR count). The number of para-hydroxylation sites is 3. The van der Waals surface area contributed by atoms with Crippen molar-refractivity contribution < 1.29 is 4.74 Å². The minimum atomic E-state index is -0.596. The molecule has 0 amide bonds. The molecule has 1 aromatic heterocycles. The number of pyridine rings is 1. The normalized spacial score (nSPS) is 13.3. The lowest BCUT2D eigenvalue weighted by Gasteiger charge is -2.38. The van der Waals surface area contributed by atoms with Crippen LogP contribution in [-0.4, -0.2) is 16.9 Å². The van der Waals surface area contributed by atoms with E-state index >= 15 is 0 Å². The molecule has 4 heteroatoms. The average molecular weight is 616 g/mol. The number of nitrogens with one attached hydrogen (secondary N) is 1. The van der Waals surface area contributed by atoms with Crippen LogP contribution in [0.3, 0.4) is 0 Å². The summed E-state index contributed by atoms with van der Waals surface area (Å²) in [6.07, 6.45) is 3.77. The van der Waals surface area contributed by atoms with Crippen LogP contribution in [0.2, 0.25) is 0 Å². The molecule has 0 saturated heterocycles. The second kappa shape index (κ2) is 11.1. The summed E-state index contributed by atoms with van der Waals surface area (Å²) in [5.74, 6) is 1.71. The van der Waals surface area contributed by atoms with Gasteiger partial charge in [0.1, 0.15) is 11.5 Å². The van der Waals surface area contributed by atoms with Crippen molar-refractivity contribution in [1.29, 1.82) is 5.41 Å². The fourth-order valence-corrected chi connectivity index (χ4v) is 7.32. The molecule has 1 spiro atoms. The fraction of sp³-hybridized carbons (Fsp3) is 0.0227. The van der Waals surface area contributed by atoms with E-state index in [0.29, 0.717) is 5.71 Å². The van der Waals surface area contributed by atoms with Crippen LogP contribution in [0.4, 0.5) is 5.69 Å². The quantitative estimate of drug-likeness (QED) is 0.196. The van der Waals surface area contributed by atoms with Gasteiger partial charge in [-0.3, -0.25) is 15.4 Å². The molecular weight excluding hydrogens is 587 g/mol. The van der Waals surface area contributed by atoms with Crippen LogP contribution in [0, 0.1) is 5.41 Å². The van der Waals surface area contributed by atoms with Gasteiger partial charge in [0.05, 0.1) is 22.5 Å². The van der Waals surface area contributed by atoms with Gasteiger partial charge < -0.3 is 4.74 Å². The first-order valence-electron chi connectivity index (χ1n) is 16.1. The maximum absolute atomic E-state index is 8.78. The van der Waals surface area contributed by atoms with Gasteiger partial charge in [-0.15, -0.1) is 0 Å². The van der Waals surface area contributed by atoms with Crippen molar-refractivity contribution in [1.82, 2.24) is 4.98 Å². The highest BCUT2D eigenvalue weighted by molar-refractivity contribution is 6.14. The van der Waals surface area contributed by atoms with Gasteiger partial charge in [0.15, 0.2) is 0 Å². The topological polar surface area (TPSA) is 58.3 Å². The molecule has 1 aliphatic carbocycles. The molecule has 7 aromatic rings. The van der Waals surface area contributed by atoms with Crippen LogP contribution in [0.1, 0.15) is 39.1 Å². The Bertz CT molecular complexity index is 2350. The highest BCUT2D eigenvalue weighted by atomic mass is 16.5. The third kappa shape index (κ3) is 4.27. The maximum atomic E-state index is 8.78. The van der Waals surface area contributed by atoms with E-state index in [-0.39, 0.29) is 0 Å². The number of aromatic nitrogens is 1. The molecule has 0 saturated carbocycles. The highest BCUT2D eigenvalue weighted by Gasteiger charge is 2.52. The Morgan fingerprint density at radius 2 is 1.27 bits per heavy atom. The molecule has 1 aliphatic heterocycles. The van der Waals surface area contributed by atoms with E-state index in [0.717, 1.165) is 67.4 Å². The Kier molecular flexibility index (Phi) is 6.47. The van der Waals surface area contributed by atoms with Crippen molar-refractivity contribution >= 4 is 17.6 Å². The predicted octanol–water partition coefficient (Wildman–Crippen LogP) is 10.4. The molecule has 48 heavy (non-hydrogen) atoms. The van der Waals surface area contributed by atoms with Crippen LogP contribution < -0.4 is 4.74 Å². The summed E-state index contributed by atoms with van der Waals surface area (Å²) >= 11 is 0. The van der Waals surface area contributed by atoms with E-state index in [9.17, 15) is 0 Å². The summed E-state index contributed by atoms with van der Waals surface area (Å²) in [6.45, 7) is 0. The van der Waals surface area contributed by atoms with Crippen molar-refractivity contribution in [2.24, 2.45) is 4.99 Å². The number of hydrogen-bond donors (Lipinski definition) is 1. The van der Waals surface area contributed by atoms with Crippen molar-refractivity contribution in [3.63, 3.8) is 0 Å². The van der Waals surface area contributed by atoms with E-state index in [1.54, 1.807) is 0 Å². The Morgan fingerprint density at radius 3 is 2.04 bits per heavy atom. The molecule has 0 fully saturated rings. The van der Waals surface area contributed by atoms with E-state index in [1.807, 2.05) is 85.2 Å². The molecule has 6 aromatic carbocycles. The van der Waals surface area contributed by atoms with Gasteiger partial charge in [-0.1, -0.05) is 127 Å². The van der Waals surface area contributed by atoms with Gasteiger partial charge >= 0.3 is 0 Å². The van der Waals surface area contributed by atoms with Gasteiger partial charge in [-0.05, 0) is 58.1 Å². The van der Waals surface area contributed by atoms with Crippen molar-refractivity contribution in [3.8, 4) is 33.8 Å². The number of hydrogen-bond acceptors (Lipinski definition) is 4. The van der Waals surface area contributed by atoms with Crippen LogP contribution in [0.25, 0.3) is 22.3 Å². The van der Waals surface area contributed by atoms with Gasteiger partial charge in [-0.2, -0.15) is 0 Å². The second-order valence-electron chi connectivity index (χ2n) is 12.1. The van der Waals surface area contributed by atoms with Crippen molar-refractivity contribution in [2.75, 3.05) is 0 Å². The van der Waals surface area contributed by atoms with Crippen molar-refractivity contribution in [2.45, 2.75) is 5.41 Å². The number of nitrogens with zero attached hydrogens (tertiary/aromatic N) is 2.